The Morgan fingerprint density at radius 1 is 1.12 bits per heavy atom. The molecule has 0 unspecified atom stereocenters. The van der Waals surface area contributed by atoms with Gasteiger partial charge in [0.05, 0.1) is 13.7 Å². The summed E-state index contributed by atoms with van der Waals surface area (Å²) in [5.74, 6) is -2.07. The van der Waals surface area contributed by atoms with E-state index in [0.29, 0.717) is 18.7 Å². The fourth-order valence-corrected chi connectivity index (χ4v) is 2.39. The lowest BCUT2D eigenvalue weighted by Gasteiger charge is -2.20. The molecule has 0 saturated heterocycles. The third-order valence-corrected chi connectivity index (χ3v) is 3.79. The molecular weight excluding hydrogens is 342 g/mol. The molecule has 0 bridgehead atoms. The van der Waals surface area contributed by atoms with Gasteiger partial charge in [-0.05, 0) is 36.2 Å². The number of nitrogens with one attached hydrogen (secondary N) is 1. The van der Waals surface area contributed by atoms with Crippen molar-refractivity contribution in [3.63, 3.8) is 0 Å². The molecule has 0 heterocycles. The van der Waals surface area contributed by atoms with E-state index in [1.165, 1.54) is 17.9 Å². The van der Waals surface area contributed by atoms with Gasteiger partial charge in [-0.2, -0.15) is 0 Å². The number of methoxy groups -OCH3 is 1. The fourth-order valence-electron chi connectivity index (χ4n) is 2.39. The maximum atomic E-state index is 13.2. The van der Waals surface area contributed by atoms with Crippen LogP contribution in [0.2, 0.25) is 0 Å². The summed E-state index contributed by atoms with van der Waals surface area (Å²) in [5.41, 5.74) is 1.10. The summed E-state index contributed by atoms with van der Waals surface area (Å²) in [6.07, 6.45) is 0.551. The van der Waals surface area contributed by atoms with Gasteiger partial charge in [-0.25, -0.2) is 8.78 Å². The molecule has 0 aliphatic heterocycles. The molecule has 0 aliphatic carbocycles. The first-order valence-corrected chi connectivity index (χ1v) is 8.02. The van der Waals surface area contributed by atoms with Crippen LogP contribution in [0.15, 0.2) is 42.5 Å². The molecule has 0 fully saturated rings. The first-order valence-electron chi connectivity index (χ1n) is 8.02. The summed E-state index contributed by atoms with van der Waals surface area (Å²) in [4.78, 5) is 25.3. The zero-order chi connectivity index (χ0) is 19.1. The Balaban J connectivity index is 1.95. The van der Waals surface area contributed by atoms with Crippen molar-refractivity contribution in [3.05, 3.63) is 59.7 Å². The monoisotopic (exact) mass is 362 g/mol. The van der Waals surface area contributed by atoms with Gasteiger partial charge in [0.15, 0.2) is 11.6 Å². The molecule has 0 aliphatic rings. The standard InChI is InChI=1S/C19H20F2N2O3/c1-13(24)23(9-8-14-4-3-5-16(10-14)26-2)12-19(25)22-15-6-7-17(20)18(21)11-15/h3-7,10-11H,8-9,12H2,1-2H3,(H,22,25). The fraction of sp³-hybridized carbons (Fsp3) is 0.263. The lowest BCUT2D eigenvalue weighted by Crippen LogP contribution is -2.38. The molecule has 7 heteroatoms. The van der Waals surface area contributed by atoms with Crippen LogP contribution in [0.4, 0.5) is 14.5 Å². The van der Waals surface area contributed by atoms with Crippen LogP contribution in [0.3, 0.4) is 0 Å². The molecule has 2 rings (SSSR count). The average molecular weight is 362 g/mol. The molecule has 2 amide bonds. The summed E-state index contributed by atoms with van der Waals surface area (Å²) >= 11 is 0. The van der Waals surface area contributed by atoms with E-state index in [1.807, 2.05) is 24.3 Å². The zero-order valence-corrected chi connectivity index (χ0v) is 14.6. The van der Waals surface area contributed by atoms with Crippen molar-refractivity contribution in [2.24, 2.45) is 0 Å². The molecule has 0 aromatic heterocycles. The van der Waals surface area contributed by atoms with Crippen molar-refractivity contribution in [1.82, 2.24) is 4.90 Å². The minimum absolute atomic E-state index is 0.130. The first kappa shape index (κ1) is 19.4. The second-order valence-electron chi connectivity index (χ2n) is 5.72. The molecule has 2 aromatic carbocycles. The highest BCUT2D eigenvalue weighted by Gasteiger charge is 2.14. The SMILES string of the molecule is COc1cccc(CCN(CC(=O)Nc2ccc(F)c(F)c2)C(C)=O)c1. The van der Waals surface area contributed by atoms with E-state index in [4.69, 9.17) is 4.74 Å². The molecule has 0 radical (unpaired) electrons. The third-order valence-electron chi connectivity index (χ3n) is 3.79. The molecule has 1 N–H and O–H groups in total. The van der Waals surface area contributed by atoms with Crippen molar-refractivity contribution in [1.29, 1.82) is 0 Å². The summed E-state index contributed by atoms with van der Waals surface area (Å²) < 4.78 is 31.3. The van der Waals surface area contributed by atoms with Gasteiger partial charge in [-0.15, -0.1) is 0 Å². The predicted octanol–water partition coefficient (Wildman–Crippen LogP) is 3.00. The summed E-state index contributed by atoms with van der Waals surface area (Å²) in [6, 6.07) is 10.5. The predicted molar refractivity (Wildman–Crippen MR) is 93.9 cm³/mol. The number of hydrogen-bond acceptors (Lipinski definition) is 3. The Bertz CT molecular complexity index is 796. The molecule has 0 saturated carbocycles. The van der Waals surface area contributed by atoms with E-state index in [0.717, 1.165) is 17.7 Å². The number of rotatable bonds is 7. The molecule has 138 valence electrons. The molecular formula is C19H20F2N2O3. The van der Waals surface area contributed by atoms with E-state index < -0.39 is 17.5 Å². The number of halogens is 2. The number of benzene rings is 2. The maximum absolute atomic E-state index is 13.2. The zero-order valence-electron chi connectivity index (χ0n) is 14.6. The number of carbonyl (C=O) groups is 2. The Kier molecular flexibility index (Phi) is 6.66. The van der Waals surface area contributed by atoms with Crippen LogP contribution >= 0.6 is 0 Å². The largest absolute Gasteiger partial charge is 0.497 e. The minimum Gasteiger partial charge on any atom is -0.497 e. The van der Waals surface area contributed by atoms with E-state index in [1.54, 1.807) is 7.11 Å². The van der Waals surface area contributed by atoms with E-state index in [2.05, 4.69) is 5.32 Å². The van der Waals surface area contributed by atoms with Gasteiger partial charge in [-0.3, -0.25) is 9.59 Å². The summed E-state index contributed by atoms with van der Waals surface area (Å²) in [7, 11) is 1.57. The van der Waals surface area contributed by atoms with Crippen LogP contribution in [0, 0.1) is 11.6 Å². The second-order valence-corrected chi connectivity index (χ2v) is 5.72. The lowest BCUT2D eigenvalue weighted by atomic mass is 10.1. The molecule has 0 spiro atoms. The Morgan fingerprint density at radius 2 is 1.88 bits per heavy atom. The first-order chi connectivity index (χ1) is 12.4. The Hall–Kier alpha value is -2.96. The van der Waals surface area contributed by atoms with E-state index in [9.17, 15) is 18.4 Å². The highest BCUT2D eigenvalue weighted by molar-refractivity contribution is 5.94. The van der Waals surface area contributed by atoms with Gasteiger partial charge in [0.25, 0.3) is 0 Å². The highest BCUT2D eigenvalue weighted by Crippen LogP contribution is 2.14. The van der Waals surface area contributed by atoms with Crippen LogP contribution in [-0.2, 0) is 16.0 Å². The minimum atomic E-state index is -1.05. The second kappa shape index (κ2) is 8.94. The highest BCUT2D eigenvalue weighted by atomic mass is 19.2. The van der Waals surface area contributed by atoms with Gasteiger partial charge in [0.1, 0.15) is 5.75 Å². The number of hydrogen-bond donors (Lipinski definition) is 1. The van der Waals surface area contributed by atoms with Crippen molar-refractivity contribution >= 4 is 17.5 Å². The lowest BCUT2D eigenvalue weighted by molar-refractivity contribution is -0.132. The summed E-state index contributed by atoms with van der Waals surface area (Å²) in [6.45, 7) is 1.53. The maximum Gasteiger partial charge on any atom is 0.243 e. The number of ether oxygens (including phenoxy) is 1. The smallest absolute Gasteiger partial charge is 0.243 e. The van der Waals surface area contributed by atoms with Crippen LogP contribution in [0.5, 0.6) is 5.75 Å². The molecule has 0 atom stereocenters. The van der Waals surface area contributed by atoms with Gasteiger partial charge in [0, 0.05) is 25.2 Å². The van der Waals surface area contributed by atoms with Crippen LogP contribution < -0.4 is 10.1 Å². The average Bonchev–Trinajstić information content (AvgIpc) is 2.61. The number of carbonyl (C=O) groups excluding carboxylic acids is 2. The third kappa shape index (κ3) is 5.54. The van der Waals surface area contributed by atoms with Crippen molar-refractivity contribution < 1.29 is 23.1 Å². The van der Waals surface area contributed by atoms with Gasteiger partial charge in [-0.1, -0.05) is 12.1 Å². The number of nitrogens with zero attached hydrogens (tertiary/aromatic N) is 1. The topological polar surface area (TPSA) is 58.6 Å². The normalized spacial score (nSPS) is 10.3. The van der Waals surface area contributed by atoms with Crippen molar-refractivity contribution in [3.8, 4) is 5.75 Å². The van der Waals surface area contributed by atoms with Crippen LogP contribution in [-0.4, -0.2) is 36.9 Å². The Morgan fingerprint density at radius 3 is 2.54 bits per heavy atom. The van der Waals surface area contributed by atoms with E-state index in [-0.39, 0.29) is 18.1 Å². The van der Waals surface area contributed by atoms with E-state index >= 15 is 0 Å². The van der Waals surface area contributed by atoms with Crippen molar-refractivity contribution in [2.45, 2.75) is 13.3 Å². The molecule has 26 heavy (non-hydrogen) atoms. The van der Waals surface area contributed by atoms with Gasteiger partial charge < -0.3 is 15.0 Å². The molecule has 5 nitrogen and oxygen atoms in total. The number of amides is 2. The summed E-state index contributed by atoms with van der Waals surface area (Å²) in [5, 5.41) is 2.45. The van der Waals surface area contributed by atoms with Gasteiger partial charge >= 0.3 is 0 Å². The number of anilines is 1. The van der Waals surface area contributed by atoms with Crippen LogP contribution in [0.25, 0.3) is 0 Å². The van der Waals surface area contributed by atoms with Crippen LogP contribution in [0.1, 0.15) is 12.5 Å². The van der Waals surface area contributed by atoms with Gasteiger partial charge in [0.2, 0.25) is 11.8 Å². The molecule has 2 aromatic rings. The van der Waals surface area contributed by atoms with Crippen molar-refractivity contribution in [2.75, 3.05) is 25.5 Å². The quantitative estimate of drug-likeness (QED) is 0.824. The Labute approximate surface area is 150 Å².